The SMILES string of the molecule is NNC(=NC1CC1)Nc1ccc(Br)cc1OC(F)(F)F. The first-order valence-corrected chi connectivity index (χ1v) is 6.53. The molecule has 0 saturated heterocycles. The van der Waals surface area contributed by atoms with Crippen LogP contribution in [0.25, 0.3) is 0 Å². The molecule has 0 unspecified atom stereocenters. The molecule has 9 heteroatoms. The summed E-state index contributed by atoms with van der Waals surface area (Å²) in [6.45, 7) is 0. The molecule has 2 rings (SSSR count). The van der Waals surface area contributed by atoms with Crippen molar-refractivity contribution in [3.8, 4) is 5.75 Å². The topological polar surface area (TPSA) is 71.7 Å². The summed E-state index contributed by atoms with van der Waals surface area (Å²) < 4.78 is 41.5. The largest absolute Gasteiger partial charge is 0.573 e. The van der Waals surface area contributed by atoms with Crippen LogP contribution in [-0.4, -0.2) is 18.4 Å². The number of ether oxygens (including phenoxy) is 1. The Balaban J connectivity index is 2.21. The highest BCUT2D eigenvalue weighted by atomic mass is 79.9. The van der Waals surface area contributed by atoms with Gasteiger partial charge in [0, 0.05) is 4.47 Å². The van der Waals surface area contributed by atoms with Gasteiger partial charge in [-0.15, -0.1) is 13.2 Å². The van der Waals surface area contributed by atoms with Gasteiger partial charge in [0.2, 0.25) is 5.96 Å². The van der Waals surface area contributed by atoms with Crippen molar-refractivity contribution in [2.45, 2.75) is 25.2 Å². The monoisotopic (exact) mass is 352 g/mol. The number of benzene rings is 1. The first-order chi connectivity index (χ1) is 9.37. The Morgan fingerprint density at radius 3 is 2.65 bits per heavy atom. The molecule has 4 N–H and O–H groups in total. The maximum absolute atomic E-state index is 12.4. The Morgan fingerprint density at radius 2 is 2.10 bits per heavy atom. The van der Waals surface area contributed by atoms with E-state index in [1.807, 2.05) is 0 Å². The summed E-state index contributed by atoms with van der Waals surface area (Å²) in [4.78, 5) is 4.18. The number of guanidine groups is 1. The van der Waals surface area contributed by atoms with Gasteiger partial charge in [-0.05, 0) is 31.0 Å². The zero-order chi connectivity index (χ0) is 14.8. The number of rotatable bonds is 3. The number of aliphatic imine (C=N–C) groups is 1. The molecule has 1 saturated carbocycles. The van der Waals surface area contributed by atoms with Crippen molar-refractivity contribution in [2.75, 3.05) is 5.32 Å². The molecule has 0 aliphatic heterocycles. The van der Waals surface area contributed by atoms with E-state index in [0.717, 1.165) is 12.8 Å². The lowest BCUT2D eigenvalue weighted by Gasteiger charge is -2.15. The molecule has 0 atom stereocenters. The molecule has 1 fully saturated rings. The fraction of sp³-hybridized carbons (Fsp3) is 0.364. The number of nitrogens with zero attached hydrogens (tertiary/aromatic N) is 1. The molecule has 0 heterocycles. The van der Waals surface area contributed by atoms with Crippen LogP contribution in [0.2, 0.25) is 0 Å². The van der Waals surface area contributed by atoms with Crippen LogP contribution in [0.5, 0.6) is 5.75 Å². The quantitative estimate of drug-likeness (QED) is 0.338. The number of nitrogens with one attached hydrogen (secondary N) is 2. The van der Waals surface area contributed by atoms with E-state index >= 15 is 0 Å². The van der Waals surface area contributed by atoms with Crippen molar-refractivity contribution in [2.24, 2.45) is 10.8 Å². The van der Waals surface area contributed by atoms with Crippen LogP contribution in [0.3, 0.4) is 0 Å². The van der Waals surface area contributed by atoms with Crippen LogP contribution in [0.15, 0.2) is 27.7 Å². The number of hydrogen-bond donors (Lipinski definition) is 3. The van der Waals surface area contributed by atoms with Gasteiger partial charge in [0.25, 0.3) is 0 Å². The summed E-state index contributed by atoms with van der Waals surface area (Å²) in [6.07, 6.45) is -2.89. The lowest BCUT2D eigenvalue weighted by atomic mass is 10.3. The first kappa shape index (κ1) is 14.9. The molecule has 0 bridgehead atoms. The highest BCUT2D eigenvalue weighted by molar-refractivity contribution is 9.10. The van der Waals surface area contributed by atoms with Gasteiger partial charge in [-0.25, -0.2) is 10.8 Å². The van der Waals surface area contributed by atoms with Gasteiger partial charge in [-0.1, -0.05) is 15.9 Å². The molecule has 0 aromatic heterocycles. The van der Waals surface area contributed by atoms with Crippen molar-refractivity contribution in [1.29, 1.82) is 0 Å². The van der Waals surface area contributed by atoms with E-state index in [-0.39, 0.29) is 23.4 Å². The smallest absolute Gasteiger partial charge is 0.404 e. The highest BCUT2D eigenvalue weighted by Crippen LogP contribution is 2.33. The molecular weight excluding hydrogens is 341 g/mol. The van der Waals surface area contributed by atoms with E-state index in [0.29, 0.717) is 4.47 Å². The van der Waals surface area contributed by atoms with E-state index in [9.17, 15) is 13.2 Å². The zero-order valence-corrected chi connectivity index (χ0v) is 11.8. The second-order valence-electron chi connectivity index (χ2n) is 4.17. The molecular formula is C11H12BrF3N4O. The van der Waals surface area contributed by atoms with Gasteiger partial charge in [-0.3, -0.25) is 5.43 Å². The van der Waals surface area contributed by atoms with Crippen molar-refractivity contribution >= 4 is 27.6 Å². The van der Waals surface area contributed by atoms with Crippen LogP contribution in [-0.2, 0) is 0 Å². The predicted molar refractivity (Wildman–Crippen MR) is 72.2 cm³/mol. The minimum atomic E-state index is -4.78. The first-order valence-electron chi connectivity index (χ1n) is 5.74. The summed E-state index contributed by atoms with van der Waals surface area (Å²) in [7, 11) is 0. The second-order valence-corrected chi connectivity index (χ2v) is 5.08. The van der Waals surface area contributed by atoms with Gasteiger partial charge in [0.05, 0.1) is 11.7 Å². The normalized spacial score (nSPS) is 15.9. The Bertz CT molecular complexity index is 517. The summed E-state index contributed by atoms with van der Waals surface area (Å²) in [5, 5.41) is 2.69. The Labute approximate surface area is 121 Å². The zero-order valence-electron chi connectivity index (χ0n) is 10.2. The van der Waals surface area contributed by atoms with Gasteiger partial charge in [0.15, 0.2) is 5.75 Å². The second kappa shape index (κ2) is 5.88. The van der Waals surface area contributed by atoms with Gasteiger partial charge >= 0.3 is 6.36 Å². The highest BCUT2D eigenvalue weighted by Gasteiger charge is 2.32. The molecule has 0 amide bonds. The van der Waals surface area contributed by atoms with Crippen molar-refractivity contribution in [3.63, 3.8) is 0 Å². The van der Waals surface area contributed by atoms with E-state index < -0.39 is 6.36 Å². The fourth-order valence-corrected chi connectivity index (χ4v) is 1.77. The Kier molecular flexibility index (Phi) is 4.39. The van der Waals surface area contributed by atoms with Crippen molar-refractivity contribution < 1.29 is 17.9 Å². The van der Waals surface area contributed by atoms with Crippen LogP contribution in [0, 0.1) is 0 Å². The van der Waals surface area contributed by atoms with Gasteiger partial charge in [-0.2, -0.15) is 0 Å². The standard InChI is InChI=1S/C11H12BrF3N4O/c12-6-1-4-8(9(5-6)20-11(13,14)15)18-10(19-16)17-7-2-3-7/h1,4-5,7H,2-3,16H2,(H2,17,18,19). The maximum atomic E-state index is 12.4. The summed E-state index contributed by atoms with van der Waals surface area (Å²) in [5.41, 5.74) is 2.43. The predicted octanol–water partition coefficient (Wildman–Crippen LogP) is 2.74. The van der Waals surface area contributed by atoms with Crippen LogP contribution >= 0.6 is 15.9 Å². The van der Waals surface area contributed by atoms with Crippen LogP contribution in [0.1, 0.15) is 12.8 Å². The lowest BCUT2D eigenvalue weighted by molar-refractivity contribution is -0.274. The third kappa shape index (κ3) is 4.57. The number of nitrogens with two attached hydrogens (primary N) is 1. The molecule has 1 aliphatic rings. The number of alkyl halides is 3. The van der Waals surface area contributed by atoms with Gasteiger partial charge < -0.3 is 10.1 Å². The van der Waals surface area contributed by atoms with E-state index in [2.05, 4.69) is 36.4 Å². The Hall–Kier alpha value is -1.48. The fourth-order valence-electron chi connectivity index (χ4n) is 1.43. The molecule has 0 radical (unpaired) electrons. The van der Waals surface area contributed by atoms with Gasteiger partial charge in [0.1, 0.15) is 0 Å². The number of halogens is 4. The Morgan fingerprint density at radius 1 is 1.40 bits per heavy atom. The molecule has 0 spiro atoms. The average molecular weight is 353 g/mol. The van der Waals surface area contributed by atoms with Crippen molar-refractivity contribution in [3.05, 3.63) is 22.7 Å². The summed E-state index contributed by atoms with van der Waals surface area (Å²) >= 11 is 3.09. The van der Waals surface area contributed by atoms with E-state index in [1.54, 1.807) is 6.07 Å². The molecule has 5 nitrogen and oxygen atoms in total. The van der Waals surface area contributed by atoms with Crippen LogP contribution in [0.4, 0.5) is 18.9 Å². The maximum Gasteiger partial charge on any atom is 0.573 e. The minimum Gasteiger partial charge on any atom is -0.404 e. The molecule has 110 valence electrons. The minimum absolute atomic E-state index is 0.114. The number of anilines is 1. The van der Waals surface area contributed by atoms with Crippen molar-refractivity contribution in [1.82, 2.24) is 5.43 Å². The van der Waals surface area contributed by atoms with E-state index in [4.69, 9.17) is 5.84 Å². The number of hydrogen-bond acceptors (Lipinski definition) is 3. The molecule has 20 heavy (non-hydrogen) atoms. The third-order valence-electron chi connectivity index (χ3n) is 2.42. The van der Waals surface area contributed by atoms with Crippen LogP contribution < -0.4 is 21.3 Å². The van der Waals surface area contributed by atoms with E-state index in [1.165, 1.54) is 12.1 Å². The summed E-state index contributed by atoms with van der Waals surface area (Å²) in [5.74, 6) is 5.11. The third-order valence-corrected chi connectivity index (χ3v) is 2.91. The average Bonchev–Trinajstić information content (AvgIpc) is 3.13. The summed E-state index contributed by atoms with van der Waals surface area (Å²) in [6, 6.07) is 4.39. The lowest BCUT2D eigenvalue weighted by Crippen LogP contribution is -2.36. The molecule has 1 aromatic carbocycles. The molecule has 1 aromatic rings. The molecule has 1 aliphatic carbocycles. The number of hydrazine groups is 1.